The Labute approximate surface area is 180 Å². The zero-order chi connectivity index (χ0) is 21.7. The van der Waals surface area contributed by atoms with Gasteiger partial charge in [0.2, 0.25) is 5.91 Å². The maximum absolute atomic E-state index is 12.3. The molecule has 1 saturated heterocycles. The maximum Gasteiger partial charge on any atom is 0.235 e. The molecule has 1 aromatic carbocycles. The number of aromatic nitrogens is 1. The van der Waals surface area contributed by atoms with Crippen LogP contribution >= 0.6 is 11.8 Å². The Morgan fingerprint density at radius 1 is 1.23 bits per heavy atom. The monoisotopic (exact) mass is 421 g/mol. The molecular formula is C22H23N5O2S. The third-order valence-electron chi connectivity index (χ3n) is 5.14. The standard InChI is InChI=1S/C22H23N5O2S/c1-3-16-17(12-23)21(27-10-4-5-11-27)26-22(18(16)13-24)30-19(20(25)28)14-6-8-15(29-2)9-7-14/h6-9,19H,3-5,10-11H2,1-2H3,(H2,25,28)/t19-/m1/s1. The molecule has 30 heavy (non-hydrogen) atoms. The number of hydrogen-bond acceptors (Lipinski definition) is 7. The fourth-order valence-corrected chi connectivity index (χ4v) is 4.67. The van der Waals surface area contributed by atoms with Crippen LogP contribution in [0.3, 0.4) is 0 Å². The highest BCUT2D eigenvalue weighted by Crippen LogP contribution is 2.40. The summed E-state index contributed by atoms with van der Waals surface area (Å²) in [6, 6.07) is 11.5. The Kier molecular flexibility index (Phi) is 6.81. The van der Waals surface area contributed by atoms with Gasteiger partial charge in [0.1, 0.15) is 34.0 Å². The summed E-state index contributed by atoms with van der Waals surface area (Å²) in [5, 5.41) is 19.3. The second-order valence-corrected chi connectivity index (χ2v) is 8.01. The number of ether oxygens (including phenoxy) is 1. The molecule has 0 saturated carbocycles. The molecule has 1 aromatic heterocycles. The first-order chi connectivity index (χ1) is 14.5. The summed E-state index contributed by atoms with van der Waals surface area (Å²) < 4.78 is 5.18. The number of anilines is 1. The van der Waals surface area contributed by atoms with Gasteiger partial charge in [-0.2, -0.15) is 10.5 Å². The topological polar surface area (TPSA) is 116 Å². The van der Waals surface area contributed by atoms with Gasteiger partial charge < -0.3 is 15.4 Å². The van der Waals surface area contributed by atoms with E-state index in [1.54, 1.807) is 31.4 Å². The molecule has 2 heterocycles. The molecule has 1 aliphatic heterocycles. The Morgan fingerprint density at radius 2 is 1.87 bits per heavy atom. The molecule has 1 atom stereocenters. The van der Waals surface area contributed by atoms with Crippen molar-refractivity contribution >= 4 is 23.5 Å². The van der Waals surface area contributed by atoms with Crippen molar-refractivity contribution in [1.29, 1.82) is 10.5 Å². The smallest absolute Gasteiger partial charge is 0.235 e. The highest BCUT2D eigenvalue weighted by molar-refractivity contribution is 8.00. The summed E-state index contributed by atoms with van der Waals surface area (Å²) in [7, 11) is 1.57. The minimum Gasteiger partial charge on any atom is -0.497 e. The first-order valence-corrected chi connectivity index (χ1v) is 10.6. The van der Waals surface area contributed by atoms with Crippen molar-refractivity contribution in [3.63, 3.8) is 0 Å². The van der Waals surface area contributed by atoms with Crippen LogP contribution in [0.5, 0.6) is 5.75 Å². The largest absolute Gasteiger partial charge is 0.497 e. The van der Waals surface area contributed by atoms with E-state index < -0.39 is 11.2 Å². The van der Waals surface area contributed by atoms with Crippen molar-refractivity contribution in [2.24, 2.45) is 5.73 Å². The maximum atomic E-state index is 12.3. The number of hydrogen-bond donors (Lipinski definition) is 1. The number of methoxy groups -OCH3 is 1. The predicted octanol–water partition coefficient (Wildman–Crippen LogP) is 3.31. The molecule has 2 aromatic rings. The third kappa shape index (κ3) is 4.19. The molecule has 154 valence electrons. The molecule has 1 aliphatic rings. The van der Waals surface area contributed by atoms with Crippen molar-refractivity contribution < 1.29 is 9.53 Å². The number of amides is 1. The van der Waals surface area contributed by atoms with Crippen molar-refractivity contribution in [1.82, 2.24) is 4.98 Å². The lowest BCUT2D eigenvalue weighted by Crippen LogP contribution is -2.23. The molecular weight excluding hydrogens is 398 g/mol. The van der Waals surface area contributed by atoms with Gasteiger partial charge in [-0.25, -0.2) is 4.98 Å². The van der Waals surface area contributed by atoms with E-state index in [9.17, 15) is 15.3 Å². The van der Waals surface area contributed by atoms with Gasteiger partial charge in [-0.05, 0) is 42.5 Å². The predicted molar refractivity (Wildman–Crippen MR) is 115 cm³/mol. The molecule has 2 N–H and O–H groups in total. The van der Waals surface area contributed by atoms with E-state index in [-0.39, 0.29) is 0 Å². The summed E-state index contributed by atoms with van der Waals surface area (Å²) in [5.41, 5.74) is 7.84. The van der Waals surface area contributed by atoms with Crippen LogP contribution in [0.25, 0.3) is 0 Å². The van der Waals surface area contributed by atoms with Crippen molar-refractivity contribution in [3.05, 3.63) is 46.5 Å². The molecule has 0 spiro atoms. The number of primary amides is 1. The van der Waals surface area contributed by atoms with E-state index in [2.05, 4.69) is 17.0 Å². The van der Waals surface area contributed by atoms with Gasteiger partial charge in [-0.3, -0.25) is 4.79 Å². The number of benzene rings is 1. The third-order valence-corrected chi connectivity index (χ3v) is 6.40. The van der Waals surface area contributed by atoms with Crippen molar-refractivity contribution in [3.8, 4) is 17.9 Å². The molecule has 0 radical (unpaired) electrons. The second kappa shape index (κ2) is 9.51. The van der Waals surface area contributed by atoms with Crippen LogP contribution in [0, 0.1) is 22.7 Å². The first-order valence-electron chi connectivity index (χ1n) is 9.75. The second-order valence-electron chi connectivity index (χ2n) is 6.91. The number of carbonyl (C=O) groups excluding carboxylic acids is 1. The van der Waals surface area contributed by atoms with Gasteiger partial charge in [0.05, 0.1) is 18.2 Å². The van der Waals surface area contributed by atoms with Gasteiger partial charge >= 0.3 is 0 Å². The lowest BCUT2D eigenvalue weighted by molar-refractivity contribution is -0.117. The Bertz CT molecular complexity index is 1020. The van der Waals surface area contributed by atoms with Crippen LogP contribution in [-0.4, -0.2) is 31.1 Å². The summed E-state index contributed by atoms with van der Waals surface area (Å²) in [5.74, 6) is 0.734. The highest BCUT2D eigenvalue weighted by atomic mass is 32.2. The van der Waals surface area contributed by atoms with Crippen LogP contribution < -0.4 is 15.4 Å². The molecule has 7 nitrogen and oxygen atoms in total. The number of nitriles is 2. The Balaban J connectivity index is 2.10. The molecule has 8 heteroatoms. The average molecular weight is 422 g/mol. The van der Waals surface area contributed by atoms with Crippen LogP contribution in [0.4, 0.5) is 5.82 Å². The van der Waals surface area contributed by atoms with E-state index in [0.29, 0.717) is 45.3 Å². The number of pyridine rings is 1. The quantitative estimate of drug-likeness (QED) is 0.682. The van der Waals surface area contributed by atoms with E-state index >= 15 is 0 Å². The van der Waals surface area contributed by atoms with Gasteiger partial charge in [0.25, 0.3) is 0 Å². The number of carbonyl (C=O) groups is 1. The van der Waals surface area contributed by atoms with Crippen LogP contribution in [0.1, 0.15) is 47.3 Å². The van der Waals surface area contributed by atoms with E-state index in [1.807, 2.05) is 6.92 Å². The lowest BCUT2D eigenvalue weighted by Gasteiger charge is -2.22. The number of nitrogens with two attached hydrogens (primary N) is 1. The number of rotatable bonds is 7. The number of thioether (sulfide) groups is 1. The van der Waals surface area contributed by atoms with E-state index in [0.717, 1.165) is 37.7 Å². The van der Waals surface area contributed by atoms with Gasteiger partial charge in [-0.1, -0.05) is 30.8 Å². The van der Waals surface area contributed by atoms with Gasteiger partial charge in [0, 0.05) is 13.1 Å². The number of nitrogens with zero attached hydrogens (tertiary/aromatic N) is 4. The summed E-state index contributed by atoms with van der Waals surface area (Å²) in [4.78, 5) is 19.1. The zero-order valence-electron chi connectivity index (χ0n) is 17.0. The minimum absolute atomic E-state index is 0.335. The van der Waals surface area contributed by atoms with Crippen LogP contribution in [0.2, 0.25) is 0 Å². The molecule has 0 aliphatic carbocycles. The lowest BCUT2D eigenvalue weighted by atomic mass is 10.0. The highest BCUT2D eigenvalue weighted by Gasteiger charge is 2.28. The summed E-state index contributed by atoms with van der Waals surface area (Å²) in [6.07, 6.45) is 2.59. The normalized spacial score (nSPS) is 14.1. The molecule has 3 rings (SSSR count). The first kappa shape index (κ1) is 21.5. The Hall–Kier alpha value is -3.23. The Morgan fingerprint density at radius 3 is 2.37 bits per heavy atom. The zero-order valence-corrected chi connectivity index (χ0v) is 17.8. The SMILES string of the molecule is CCc1c(C#N)c(S[C@@H](C(N)=O)c2ccc(OC)cc2)nc(N2CCCC2)c1C#N. The molecule has 1 fully saturated rings. The minimum atomic E-state index is -0.723. The van der Waals surface area contributed by atoms with Gasteiger partial charge in [-0.15, -0.1) is 0 Å². The van der Waals surface area contributed by atoms with Crippen molar-refractivity contribution in [2.45, 2.75) is 36.5 Å². The van der Waals surface area contributed by atoms with E-state index in [4.69, 9.17) is 15.5 Å². The van der Waals surface area contributed by atoms with E-state index in [1.165, 1.54) is 0 Å². The van der Waals surface area contributed by atoms with Gasteiger partial charge in [0.15, 0.2) is 0 Å². The fraction of sp³-hybridized carbons (Fsp3) is 0.364. The van der Waals surface area contributed by atoms with Crippen LogP contribution in [0.15, 0.2) is 29.3 Å². The molecule has 0 bridgehead atoms. The average Bonchev–Trinajstić information content (AvgIpc) is 3.30. The summed E-state index contributed by atoms with van der Waals surface area (Å²) in [6.45, 7) is 3.55. The molecule has 1 amide bonds. The molecule has 0 unspecified atom stereocenters. The fourth-order valence-electron chi connectivity index (χ4n) is 3.61. The van der Waals surface area contributed by atoms with Crippen molar-refractivity contribution in [2.75, 3.05) is 25.1 Å². The summed E-state index contributed by atoms with van der Waals surface area (Å²) >= 11 is 1.15. The van der Waals surface area contributed by atoms with Crippen LogP contribution in [-0.2, 0) is 11.2 Å².